The summed E-state index contributed by atoms with van der Waals surface area (Å²) in [5.41, 5.74) is 0. The summed E-state index contributed by atoms with van der Waals surface area (Å²) >= 11 is 0. The fourth-order valence-electron chi connectivity index (χ4n) is 3.43. The standard InChI is InChI=1S/C20H37NO8/c1-2-3-4-5-6-7-8-9-10-11-12-13(19(26)27)21-18(25)17-15(23)14(22)16(24)20(28)29-17/h13-17,20,22-24,28H,2-12H2,1H3,(H,21,25)(H,26,27)/t13?,14-,15-,16+,17-,20+/m0/s1. The Bertz CT molecular complexity index is 489. The fourth-order valence-corrected chi connectivity index (χ4v) is 3.43. The molecule has 1 aliphatic rings. The number of hydrogen-bond donors (Lipinski definition) is 6. The van der Waals surface area contributed by atoms with E-state index in [2.05, 4.69) is 12.2 Å². The topological polar surface area (TPSA) is 157 Å². The van der Waals surface area contributed by atoms with Gasteiger partial charge in [-0.3, -0.25) is 4.79 Å². The molecule has 9 heteroatoms. The Hall–Kier alpha value is -1.26. The van der Waals surface area contributed by atoms with Crippen LogP contribution in [-0.4, -0.2) is 74.2 Å². The van der Waals surface area contributed by atoms with E-state index in [1.165, 1.54) is 38.5 Å². The van der Waals surface area contributed by atoms with Crippen molar-refractivity contribution in [2.24, 2.45) is 0 Å². The summed E-state index contributed by atoms with van der Waals surface area (Å²) in [5.74, 6) is -2.16. The second kappa shape index (κ2) is 13.9. The van der Waals surface area contributed by atoms with Gasteiger partial charge in [-0.05, 0) is 6.42 Å². The molecule has 1 aliphatic heterocycles. The predicted molar refractivity (Wildman–Crippen MR) is 105 cm³/mol. The Balaban J connectivity index is 2.31. The number of carboxylic acids is 1. The van der Waals surface area contributed by atoms with E-state index in [-0.39, 0.29) is 6.42 Å². The van der Waals surface area contributed by atoms with Gasteiger partial charge >= 0.3 is 5.97 Å². The summed E-state index contributed by atoms with van der Waals surface area (Å²) in [6.45, 7) is 2.19. The van der Waals surface area contributed by atoms with Crippen molar-refractivity contribution < 1.29 is 39.9 Å². The highest BCUT2D eigenvalue weighted by Crippen LogP contribution is 2.20. The van der Waals surface area contributed by atoms with Gasteiger partial charge < -0.3 is 35.6 Å². The molecule has 1 fully saturated rings. The van der Waals surface area contributed by atoms with Crippen molar-refractivity contribution in [2.45, 2.75) is 114 Å². The zero-order valence-corrected chi connectivity index (χ0v) is 17.2. The molecule has 0 aromatic heterocycles. The SMILES string of the molecule is CCCCCCCCCCCCC(NC(=O)[C@H]1O[C@@H](O)[C@H](O)[C@@H](O)[C@@H]1O)C(=O)O. The lowest BCUT2D eigenvalue weighted by Crippen LogP contribution is -2.62. The first kappa shape index (κ1) is 25.8. The van der Waals surface area contributed by atoms with Gasteiger partial charge in [-0.15, -0.1) is 0 Å². The van der Waals surface area contributed by atoms with Crippen molar-refractivity contribution in [3.05, 3.63) is 0 Å². The molecule has 0 aromatic rings. The fraction of sp³-hybridized carbons (Fsp3) is 0.900. The predicted octanol–water partition coefficient (Wildman–Crippen LogP) is 0.667. The highest BCUT2D eigenvalue weighted by molar-refractivity contribution is 5.86. The Kier molecular flexibility index (Phi) is 12.3. The minimum Gasteiger partial charge on any atom is -0.480 e. The van der Waals surface area contributed by atoms with E-state index in [4.69, 9.17) is 4.74 Å². The second-order valence-electron chi connectivity index (χ2n) is 7.79. The first-order valence-electron chi connectivity index (χ1n) is 10.7. The maximum atomic E-state index is 12.2. The van der Waals surface area contributed by atoms with E-state index in [0.717, 1.165) is 19.3 Å². The van der Waals surface area contributed by atoms with Crippen LogP contribution in [0.2, 0.25) is 0 Å². The lowest BCUT2D eigenvalue weighted by molar-refractivity contribution is -0.275. The third-order valence-electron chi connectivity index (χ3n) is 5.31. The molecule has 0 aromatic carbocycles. The van der Waals surface area contributed by atoms with Gasteiger partial charge in [0.1, 0.15) is 24.4 Å². The number of carbonyl (C=O) groups is 2. The van der Waals surface area contributed by atoms with E-state index in [0.29, 0.717) is 6.42 Å². The van der Waals surface area contributed by atoms with Gasteiger partial charge in [0.2, 0.25) is 0 Å². The molecule has 170 valence electrons. The molecule has 0 bridgehead atoms. The highest BCUT2D eigenvalue weighted by Gasteiger charge is 2.46. The molecular weight excluding hydrogens is 382 g/mol. The molecule has 6 atom stereocenters. The normalized spacial score (nSPS) is 28.1. The Morgan fingerprint density at radius 3 is 1.86 bits per heavy atom. The molecule has 6 N–H and O–H groups in total. The molecule has 9 nitrogen and oxygen atoms in total. The number of amides is 1. The molecule has 1 heterocycles. The van der Waals surface area contributed by atoms with Crippen LogP contribution in [0.15, 0.2) is 0 Å². The number of nitrogens with one attached hydrogen (secondary N) is 1. The van der Waals surface area contributed by atoms with Crippen LogP contribution in [-0.2, 0) is 14.3 Å². The maximum Gasteiger partial charge on any atom is 0.326 e. The summed E-state index contributed by atoms with van der Waals surface area (Å²) in [6, 6.07) is -1.16. The first-order valence-corrected chi connectivity index (χ1v) is 10.7. The minimum absolute atomic E-state index is 0.230. The van der Waals surface area contributed by atoms with E-state index in [1.807, 2.05) is 0 Å². The van der Waals surface area contributed by atoms with E-state index in [1.54, 1.807) is 0 Å². The molecular formula is C20H37NO8. The smallest absolute Gasteiger partial charge is 0.326 e. The van der Waals surface area contributed by atoms with Crippen molar-refractivity contribution >= 4 is 11.9 Å². The maximum absolute atomic E-state index is 12.2. The lowest BCUT2D eigenvalue weighted by atomic mass is 9.98. The Morgan fingerprint density at radius 2 is 1.34 bits per heavy atom. The molecule has 29 heavy (non-hydrogen) atoms. The van der Waals surface area contributed by atoms with Gasteiger partial charge in [-0.25, -0.2) is 4.79 Å². The molecule has 0 saturated carbocycles. The summed E-state index contributed by atoms with van der Waals surface area (Å²) in [4.78, 5) is 23.7. The molecule has 1 amide bonds. The number of hydrogen-bond acceptors (Lipinski definition) is 7. The van der Waals surface area contributed by atoms with Crippen molar-refractivity contribution in [1.29, 1.82) is 0 Å². The van der Waals surface area contributed by atoms with Crippen LogP contribution in [0.25, 0.3) is 0 Å². The molecule has 0 radical (unpaired) electrons. The number of carbonyl (C=O) groups excluding carboxylic acids is 1. The van der Waals surface area contributed by atoms with Gasteiger partial charge in [0.25, 0.3) is 5.91 Å². The second-order valence-corrected chi connectivity index (χ2v) is 7.79. The number of rotatable bonds is 14. The van der Waals surface area contributed by atoms with Crippen LogP contribution in [0.4, 0.5) is 0 Å². The first-order chi connectivity index (χ1) is 13.8. The number of carboxylic acid groups (broad SMARTS) is 1. The zero-order chi connectivity index (χ0) is 21.8. The summed E-state index contributed by atoms with van der Waals surface area (Å²) < 4.78 is 4.82. The van der Waals surface area contributed by atoms with Crippen LogP contribution in [0.1, 0.15) is 77.6 Å². The Morgan fingerprint density at radius 1 is 0.828 bits per heavy atom. The van der Waals surface area contributed by atoms with Crippen LogP contribution >= 0.6 is 0 Å². The quantitative estimate of drug-likeness (QED) is 0.224. The largest absolute Gasteiger partial charge is 0.480 e. The van der Waals surface area contributed by atoms with Crippen LogP contribution in [0, 0.1) is 0 Å². The van der Waals surface area contributed by atoms with Crippen LogP contribution in [0.3, 0.4) is 0 Å². The highest BCUT2D eigenvalue weighted by atomic mass is 16.6. The van der Waals surface area contributed by atoms with Gasteiger partial charge in [0.15, 0.2) is 12.4 Å². The lowest BCUT2D eigenvalue weighted by Gasteiger charge is -2.37. The number of aliphatic carboxylic acids is 1. The van der Waals surface area contributed by atoms with E-state index in [9.17, 15) is 35.1 Å². The third-order valence-corrected chi connectivity index (χ3v) is 5.31. The third kappa shape index (κ3) is 8.96. The van der Waals surface area contributed by atoms with E-state index < -0.39 is 48.6 Å². The molecule has 0 spiro atoms. The van der Waals surface area contributed by atoms with Crippen molar-refractivity contribution in [2.75, 3.05) is 0 Å². The minimum atomic E-state index is -1.85. The van der Waals surface area contributed by atoms with Gasteiger partial charge in [-0.1, -0.05) is 71.1 Å². The molecule has 0 aliphatic carbocycles. The average Bonchev–Trinajstić information content (AvgIpc) is 2.69. The molecule has 1 rings (SSSR count). The average molecular weight is 420 g/mol. The monoisotopic (exact) mass is 419 g/mol. The summed E-state index contributed by atoms with van der Waals surface area (Å²) in [7, 11) is 0. The van der Waals surface area contributed by atoms with Gasteiger partial charge in [-0.2, -0.15) is 0 Å². The number of ether oxygens (including phenoxy) is 1. The van der Waals surface area contributed by atoms with E-state index >= 15 is 0 Å². The van der Waals surface area contributed by atoms with Crippen molar-refractivity contribution in [3.8, 4) is 0 Å². The zero-order valence-electron chi connectivity index (χ0n) is 17.2. The van der Waals surface area contributed by atoms with Crippen molar-refractivity contribution in [3.63, 3.8) is 0 Å². The van der Waals surface area contributed by atoms with Crippen LogP contribution in [0.5, 0.6) is 0 Å². The van der Waals surface area contributed by atoms with Crippen LogP contribution < -0.4 is 5.32 Å². The number of aliphatic hydroxyl groups excluding tert-OH is 4. The summed E-state index contributed by atoms with van der Waals surface area (Å²) in [5, 5.41) is 50.0. The van der Waals surface area contributed by atoms with Crippen molar-refractivity contribution in [1.82, 2.24) is 5.32 Å². The number of unbranched alkanes of at least 4 members (excludes halogenated alkanes) is 9. The number of aliphatic hydroxyl groups is 4. The summed E-state index contributed by atoms with van der Waals surface area (Å²) in [6.07, 6.45) is 2.47. The Labute approximate surface area is 172 Å². The van der Waals surface area contributed by atoms with Gasteiger partial charge in [0, 0.05) is 0 Å². The van der Waals surface area contributed by atoms with Gasteiger partial charge in [0.05, 0.1) is 0 Å². The molecule has 1 saturated heterocycles. The molecule has 1 unspecified atom stereocenters.